The number of carboxylic acids is 1. The maximum Gasteiger partial charge on any atom is 0.326 e. The number of aromatic nitrogens is 2. The standard InChI is InChI=1S/C18H29N7O5/c1-9(19)14(20)16(27)23-10(2)17(28)25-5-3-4-13(25)15(26)24-12(18(29)30)6-11-7-21-8-22-11/h7-10,12-14H,3-6,19-20H2,1-2H3,(H,21,22)(H,23,27)(H,24,26)(H,29,30)/t9?,10-,12+,13+,14+/m1/s1. The number of amides is 3. The fourth-order valence-electron chi connectivity index (χ4n) is 3.25. The lowest BCUT2D eigenvalue weighted by atomic mass is 10.1. The quantitative estimate of drug-likeness (QED) is 0.255. The Bertz CT molecular complexity index is 767. The van der Waals surface area contributed by atoms with Gasteiger partial charge in [0.1, 0.15) is 18.1 Å². The average molecular weight is 423 g/mol. The number of carboxylic acid groups (broad SMARTS) is 1. The van der Waals surface area contributed by atoms with E-state index < -0.39 is 53.9 Å². The average Bonchev–Trinajstić information content (AvgIpc) is 3.37. The van der Waals surface area contributed by atoms with Crippen LogP contribution in [0.3, 0.4) is 0 Å². The number of carbonyl (C=O) groups is 4. The number of aromatic amines is 1. The zero-order valence-corrected chi connectivity index (χ0v) is 17.0. The minimum Gasteiger partial charge on any atom is -0.480 e. The molecule has 8 N–H and O–H groups in total. The Balaban J connectivity index is 2.00. The van der Waals surface area contributed by atoms with Gasteiger partial charge in [-0.3, -0.25) is 14.4 Å². The van der Waals surface area contributed by atoms with Crippen molar-refractivity contribution in [2.75, 3.05) is 6.54 Å². The number of aliphatic carboxylic acids is 1. The Kier molecular flexibility index (Phi) is 7.89. The molecule has 2 heterocycles. The zero-order chi connectivity index (χ0) is 22.4. The molecule has 2 rings (SSSR count). The predicted molar refractivity (Wildman–Crippen MR) is 106 cm³/mol. The Hall–Kier alpha value is -2.99. The third kappa shape index (κ3) is 5.76. The van der Waals surface area contributed by atoms with Crippen molar-refractivity contribution < 1.29 is 24.3 Å². The summed E-state index contributed by atoms with van der Waals surface area (Å²) in [7, 11) is 0. The summed E-state index contributed by atoms with van der Waals surface area (Å²) in [6, 6.07) is -4.44. The smallest absolute Gasteiger partial charge is 0.326 e. The van der Waals surface area contributed by atoms with Crippen LogP contribution in [0.15, 0.2) is 12.5 Å². The van der Waals surface area contributed by atoms with E-state index in [1.54, 1.807) is 6.92 Å². The summed E-state index contributed by atoms with van der Waals surface area (Å²) in [5, 5.41) is 14.4. The van der Waals surface area contributed by atoms with Gasteiger partial charge in [-0.25, -0.2) is 9.78 Å². The van der Waals surface area contributed by atoms with Crippen molar-refractivity contribution in [3.63, 3.8) is 0 Å². The van der Waals surface area contributed by atoms with Gasteiger partial charge in [-0.15, -0.1) is 0 Å². The van der Waals surface area contributed by atoms with E-state index in [2.05, 4.69) is 20.6 Å². The fraction of sp³-hybridized carbons (Fsp3) is 0.611. The molecule has 0 saturated carbocycles. The molecule has 5 atom stereocenters. The van der Waals surface area contributed by atoms with Crippen molar-refractivity contribution in [1.82, 2.24) is 25.5 Å². The number of likely N-dealkylation sites (tertiary alicyclic amines) is 1. The first kappa shape index (κ1) is 23.3. The Labute approximate surface area is 173 Å². The van der Waals surface area contributed by atoms with Gasteiger partial charge < -0.3 is 37.1 Å². The van der Waals surface area contributed by atoms with E-state index in [1.165, 1.54) is 24.3 Å². The van der Waals surface area contributed by atoms with Crippen LogP contribution >= 0.6 is 0 Å². The number of rotatable bonds is 9. The highest BCUT2D eigenvalue weighted by Gasteiger charge is 2.38. The number of H-pyrrole nitrogens is 1. The van der Waals surface area contributed by atoms with Gasteiger partial charge in [0.2, 0.25) is 17.7 Å². The number of nitrogens with one attached hydrogen (secondary N) is 3. The van der Waals surface area contributed by atoms with Crippen molar-refractivity contribution in [1.29, 1.82) is 0 Å². The third-order valence-corrected chi connectivity index (χ3v) is 5.03. The first-order valence-corrected chi connectivity index (χ1v) is 9.74. The largest absolute Gasteiger partial charge is 0.480 e. The number of imidazole rings is 1. The zero-order valence-electron chi connectivity index (χ0n) is 17.0. The first-order chi connectivity index (χ1) is 14.1. The molecule has 166 valence electrons. The van der Waals surface area contributed by atoms with Gasteiger partial charge in [0.25, 0.3) is 0 Å². The second-order valence-corrected chi connectivity index (χ2v) is 7.49. The third-order valence-electron chi connectivity index (χ3n) is 5.03. The molecule has 12 nitrogen and oxygen atoms in total. The normalized spacial score (nSPS) is 20.1. The molecule has 1 aliphatic rings. The molecule has 1 saturated heterocycles. The molecular formula is C18H29N7O5. The molecule has 0 aromatic carbocycles. The maximum atomic E-state index is 12.8. The second kappa shape index (κ2) is 10.2. The summed E-state index contributed by atoms with van der Waals surface area (Å²) in [5.41, 5.74) is 11.8. The second-order valence-electron chi connectivity index (χ2n) is 7.49. The lowest BCUT2D eigenvalue weighted by Crippen LogP contribution is -2.58. The topological polar surface area (TPSA) is 197 Å². The molecule has 0 bridgehead atoms. The van der Waals surface area contributed by atoms with Crippen molar-refractivity contribution in [3.8, 4) is 0 Å². The van der Waals surface area contributed by atoms with E-state index >= 15 is 0 Å². The summed E-state index contributed by atoms with van der Waals surface area (Å²) >= 11 is 0. The van der Waals surface area contributed by atoms with Gasteiger partial charge >= 0.3 is 5.97 Å². The van der Waals surface area contributed by atoms with Gasteiger partial charge in [0.15, 0.2) is 0 Å². The SMILES string of the molecule is CC(N)[C@H](N)C(=O)N[C@H](C)C(=O)N1CCC[C@H]1C(=O)N[C@@H](Cc1cnc[nH]1)C(=O)O. The summed E-state index contributed by atoms with van der Waals surface area (Å²) in [6.07, 6.45) is 3.91. The van der Waals surface area contributed by atoms with Crippen LogP contribution in [0.1, 0.15) is 32.4 Å². The first-order valence-electron chi connectivity index (χ1n) is 9.74. The minimum atomic E-state index is -1.20. The van der Waals surface area contributed by atoms with E-state index in [4.69, 9.17) is 11.5 Å². The van der Waals surface area contributed by atoms with Crippen molar-refractivity contribution in [3.05, 3.63) is 18.2 Å². The van der Waals surface area contributed by atoms with Crippen molar-refractivity contribution in [2.45, 2.75) is 63.3 Å². The highest BCUT2D eigenvalue weighted by Crippen LogP contribution is 2.19. The van der Waals surface area contributed by atoms with E-state index in [0.29, 0.717) is 25.1 Å². The number of hydrogen-bond donors (Lipinski definition) is 6. The molecule has 1 unspecified atom stereocenters. The molecule has 0 radical (unpaired) electrons. The van der Waals surface area contributed by atoms with Gasteiger partial charge in [-0.05, 0) is 26.7 Å². The Morgan fingerprint density at radius 2 is 2.00 bits per heavy atom. The summed E-state index contributed by atoms with van der Waals surface area (Å²) in [4.78, 5) is 57.1. The summed E-state index contributed by atoms with van der Waals surface area (Å²) in [6.45, 7) is 3.41. The van der Waals surface area contributed by atoms with Gasteiger partial charge in [0, 0.05) is 30.9 Å². The van der Waals surface area contributed by atoms with Crippen LogP contribution in [-0.2, 0) is 25.6 Å². The number of carbonyl (C=O) groups excluding carboxylic acids is 3. The molecule has 1 aromatic rings. The molecule has 0 spiro atoms. The Morgan fingerprint density at radius 1 is 1.30 bits per heavy atom. The van der Waals surface area contributed by atoms with Gasteiger partial charge in [0.05, 0.1) is 12.4 Å². The van der Waals surface area contributed by atoms with Crippen LogP contribution in [0.2, 0.25) is 0 Å². The van der Waals surface area contributed by atoms with E-state index in [0.717, 1.165) is 0 Å². The molecular weight excluding hydrogens is 394 g/mol. The molecule has 1 fully saturated rings. The lowest BCUT2D eigenvalue weighted by molar-refractivity contribution is -0.144. The molecule has 1 aromatic heterocycles. The van der Waals surface area contributed by atoms with Crippen LogP contribution in [-0.4, -0.2) is 80.4 Å². The minimum absolute atomic E-state index is 0.0311. The van der Waals surface area contributed by atoms with Gasteiger partial charge in [-0.1, -0.05) is 0 Å². The highest BCUT2D eigenvalue weighted by molar-refractivity contribution is 5.94. The van der Waals surface area contributed by atoms with Crippen LogP contribution in [0.25, 0.3) is 0 Å². The van der Waals surface area contributed by atoms with E-state index in [-0.39, 0.29) is 6.42 Å². The lowest BCUT2D eigenvalue weighted by Gasteiger charge is -2.28. The predicted octanol–water partition coefficient (Wildman–Crippen LogP) is -2.31. The number of nitrogens with two attached hydrogens (primary N) is 2. The molecule has 3 amide bonds. The molecule has 1 aliphatic heterocycles. The van der Waals surface area contributed by atoms with E-state index in [9.17, 15) is 24.3 Å². The van der Waals surface area contributed by atoms with Gasteiger partial charge in [-0.2, -0.15) is 0 Å². The van der Waals surface area contributed by atoms with Crippen molar-refractivity contribution >= 4 is 23.7 Å². The summed E-state index contributed by atoms with van der Waals surface area (Å²) < 4.78 is 0. The van der Waals surface area contributed by atoms with Crippen LogP contribution < -0.4 is 22.1 Å². The number of nitrogens with zero attached hydrogens (tertiary/aromatic N) is 2. The molecule has 0 aliphatic carbocycles. The number of hydrogen-bond acceptors (Lipinski definition) is 7. The fourth-order valence-corrected chi connectivity index (χ4v) is 3.25. The molecule has 30 heavy (non-hydrogen) atoms. The monoisotopic (exact) mass is 423 g/mol. The van der Waals surface area contributed by atoms with Crippen LogP contribution in [0.4, 0.5) is 0 Å². The van der Waals surface area contributed by atoms with E-state index in [1.807, 2.05) is 0 Å². The highest BCUT2D eigenvalue weighted by atomic mass is 16.4. The molecule has 12 heteroatoms. The van der Waals surface area contributed by atoms with Crippen LogP contribution in [0, 0.1) is 0 Å². The maximum absolute atomic E-state index is 12.8. The summed E-state index contributed by atoms with van der Waals surface area (Å²) in [5.74, 6) is -2.76. The van der Waals surface area contributed by atoms with Crippen molar-refractivity contribution in [2.24, 2.45) is 11.5 Å². The van der Waals surface area contributed by atoms with Crippen LogP contribution in [0.5, 0.6) is 0 Å². The Morgan fingerprint density at radius 3 is 2.57 bits per heavy atom.